The van der Waals surface area contributed by atoms with Crippen molar-refractivity contribution in [3.05, 3.63) is 92.6 Å². The molecule has 0 bridgehead atoms. The molecule has 0 fully saturated rings. The summed E-state index contributed by atoms with van der Waals surface area (Å²) in [4.78, 5) is 27.3. The Morgan fingerprint density at radius 2 is 1.75 bits per heavy atom. The highest BCUT2D eigenvalue weighted by Gasteiger charge is 2.19. The lowest BCUT2D eigenvalue weighted by Gasteiger charge is -2.15. The number of nitrogens with two attached hydrogens (primary N) is 1. The number of aryl methyl sites for hydroxylation is 1. The van der Waals surface area contributed by atoms with Gasteiger partial charge in [-0.25, -0.2) is 14.3 Å². The average Bonchev–Trinajstić information content (AvgIpc) is 2.78. The van der Waals surface area contributed by atoms with Gasteiger partial charge < -0.3 is 11.1 Å². The van der Waals surface area contributed by atoms with Crippen LogP contribution in [0.1, 0.15) is 33.2 Å². The van der Waals surface area contributed by atoms with Crippen LogP contribution in [-0.2, 0) is 4.84 Å². The molecule has 0 aromatic heterocycles. The second-order valence-electron chi connectivity index (χ2n) is 6.46. The maximum absolute atomic E-state index is 14.2. The van der Waals surface area contributed by atoms with E-state index in [1.807, 2.05) is 25.1 Å². The molecule has 0 aliphatic rings. The molecule has 0 atom stereocenters. The first-order valence-corrected chi connectivity index (χ1v) is 10.6. The number of halogens is 3. The first kappa shape index (κ1) is 25.2. The lowest BCUT2D eigenvalue weighted by atomic mass is 10.1. The van der Waals surface area contributed by atoms with E-state index < -0.39 is 17.5 Å². The predicted octanol–water partition coefficient (Wildman–Crippen LogP) is 5.09. The Kier molecular flexibility index (Phi) is 9.54. The molecule has 0 spiro atoms. The smallest absolute Gasteiger partial charge is 0.277 e. The Hall–Kier alpha value is -3.05. The van der Waals surface area contributed by atoms with Crippen LogP contribution in [0.5, 0.6) is 0 Å². The van der Waals surface area contributed by atoms with Crippen molar-refractivity contribution < 1.29 is 23.2 Å². The molecule has 3 rings (SSSR count). The van der Waals surface area contributed by atoms with Gasteiger partial charge in [0.25, 0.3) is 5.91 Å². The van der Waals surface area contributed by atoms with Gasteiger partial charge in [0.2, 0.25) is 5.91 Å². The number of anilines is 2. The van der Waals surface area contributed by atoms with Crippen LogP contribution in [0.25, 0.3) is 0 Å². The average molecular weight is 553 g/mol. The molecule has 4 N–H and O–H groups in total. The molecule has 3 aromatic carbocycles. The van der Waals surface area contributed by atoms with Gasteiger partial charge in [-0.3, -0.25) is 14.4 Å². The molecule has 0 radical (unpaired) electrons. The van der Waals surface area contributed by atoms with E-state index in [0.717, 1.165) is 15.2 Å². The first-order valence-electron chi connectivity index (χ1n) is 9.52. The fourth-order valence-corrected chi connectivity index (χ4v) is 3.21. The second kappa shape index (κ2) is 12.1. The Morgan fingerprint density at radius 3 is 2.31 bits per heavy atom. The largest absolute Gasteiger partial charge is 0.366 e. The van der Waals surface area contributed by atoms with Gasteiger partial charge in [0.05, 0.1) is 17.9 Å². The number of primary amides is 1. The van der Waals surface area contributed by atoms with Crippen molar-refractivity contribution in [2.75, 3.05) is 11.9 Å². The Morgan fingerprint density at radius 1 is 1.06 bits per heavy atom. The third-order valence-electron chi connectivity index (χ3n) is 4.16. The summed E-state index contributed by atoms with van der Waals surface area (Å²) < 4.78 is 28.8. The van der Waals surface area contributed by atoms with Gasteiger partial charge >= 0.3 is 0 Å². The molecule has 0 aliphatic carbocycles. The van der Waals surface area contributed by atoms with E-state index in [4.69, 9.17) is 10.6 Å². The highest BCUT2D eigenvalue weighted by atomic mass is 127. The fraction of sp³-hybridized carbons (Fsp3) is 0.130. The third kappa shape index (κ3) is 6.99. The quantitative estimate of drug-likeness (QED) is 0.293. The maximum atomic E-state index is 14.2. The van der Waals surface area contributed by atoms with Crippen LogP contribution >= 0.6 is 22.6 Å². The van der Waals surface area contributed by atoms with Gasteiger partial charge in [-0.05, 0) is 84.5 Å². The minimum absolute atomic E-state index is 0.0460. The lowest BCUT2D eigenvalue weighted by Crippen LogP contribution is -2.25. The van der Waals surface area contributed by atoms with Crippen LogP contribution in [0.4, 0.5) is 20.2 Å². The van der Waals surface area contributed by atoms with E-state index in [0.29, 0.717) is 11.3 Å². The Bertz CT molecular complexity index is 1100. The molecule has 0 unspecified atom stereocenters. The zero-order valence-electron chi connectivity index (χ0n) is 17.4. The van der Waals surface area contributed by atoms with E-state index in [9.17, 15) is 18.4 Å². The molecule has 6 nitrogen and oxygen atoms in total. The second-order valence-corrected chi connectivity index (χ2v) is 7.71. The van der Waals surface area contributed by atoms with Crippen LogP contribution < -0.4 is 16.5 Å². The third-order valence-corrected chi connectivity index (χ3v) is 4.83. The molecule has 3 aromatic rings. The molecule has 2 amide bonds. The number of carbonyl (C=O) groups is 2. The summed E-state index contributed by atoms with van der Waals surface area (Å²) in [5, 5.41) is 2.80. The van der Waals surface area contributed by atoms with Crippen molar-refractivity contribution in [3.63, 3.8) is 0 Å². The van der Waals surface area contributed by atoms with E-state index in [2.05, 4.69) is 33.4 Å². The van der Waals surface area contributed by atoms with Crippen molar-refractivity contribution in [1.29, 1.82) is 0 Å². The van der Waals surface area contributed by atoms with E-state index in [-0.39, 0.29) is 23.8 Å². The highest BCUT2D eigenvalue weighted by molar-refractivity contribution is 14.1. The number of benzene rings is 3. The van der Waals surface area contributed by atoms with Crippen LogP contribution in [-0.4, -0.2) is 18.4 Å². The summed E-state index contributed by atoms with van der Waals surface area (Å²) in [6, 6.07) is 16.3. The molecule has 168 valence electrons. The molecule has 0 heterocycles. The predicted molar refractivity (Wildman–Crippen MR) is 128 cm³/mol. The van der Waals surface area contributed by atoms with Gasteiger partial charge in [-0.2, -0.15) is 0 Å². The van der Waals surface area contributed by atoms with Crippen LogP contribution in [0.2, 0.25) is 0 Å². The normalized spacial score (nSPS) is 10.0. The van der Waals surface area contributed by atoms with Crippen molar-refractivity contribution in [2.24, 2.45) is 5.73 Å². The summed E-state index contributed by atoms with van der Waals surface area (Å²) in [6.07, 6.45) is 0. The van der Waals surface area contributed by atoms with Crippen molar-refractivity contribution in [2.45, 2.75) is 13.8 Å². The first-order chi connectivity index (χ1) is 15.2. The minimum Gasteiger partial charge on any atom is -0.366 e. The van der Waals surface area contributed by atoms with Crippen LogP contribution in [0, 0.1) is 22.1 Å². The van der Waals surface area contributed by atoms with Crippen LogP contribution in [0.15, 0.2) is 60.7 Å². The van der Waals surface area contributed by atoms with Crippen LogP contribution in [0.3, 0.4) is 0 Å². The number of carbonyl (C=O) groups excluding carboxylic acids is 2. The molecular weight excluding hydrogens is 531 g/mol. The van der Waals surface area contributed by atoms with Crippen molar-refractivity contribution in [1.82, 2.24) is 5.48 Å². The molecule has 9 heteroatoms. The summed E-state index contributed by atoms with van der Waals surface area (Å²) >= 11 is 2.16. The van der Waals surface area contributed by atoms with E-state index in [1.165, 1.54) is 6.07 Å². The zero-order chi connectivity index (χ0) is 23.7. The zero-order valence-corrected chi connectivity index (χ0v) is 19.6. The van der Waals surface area contributed by atoms with Gasteiger partial charge in [0.1, 0.15) is 0 Å². The molecule has 0 saturated heterocycles. The monoisotopic (exact) mass is 553 g/mol. The molecular formula is C23H22F2IN3O3. The Labute approximate surface area is 198 Å². The number of hydrogen-bond donors (Lipinski definition) is 3. The Balaban J connectivity index is 0.000000336. The van der Waals surface area contributed by atoms with E-state index >= 15 is 0 Å². The van der Waals surface area contributed by atoms with Gasteiger partial charge in [0, 0.05) is 14.8 Å². The molecule has 32 heavy (non-hydrogen) atoms. The minimum atomic E-state index is -1.12. The topological polar surface area (TPSA) is 93.4 Å². The summed E-state index contributed by atoms with van der Waals surface area (Å²) in [5.74, 6) is -3.19. The molecule has 0 saturated carbocycles. The van der Waals surface area contributed by atoms with Crippen molar-refractivity contribution >= 4 is 45.8 Å². The number of hydrogen-bond acceptors (Lipinski definition) is 4. The number of nitrogens with one attached hydrogen (secondary N) is 2. The number of amides is 2. The number of hydroxylamine groups is 1. The number of rotatable bonds is 6. The van der Waals surface area contributed by atoms with Gasteiger partial charge in [-0.15, -0.1) is 0 Å². The highest BCUT2D eigenvalue weighted by Crippen LogP contribution is 2.28. The summed E-state index contributed by atoms with van der Waals surface area (Å²) in [5.41, 5.74) is 8.86. The van der Waals surface area contributed by atoms with Gasteiger partial charge in [0.15, 0.2) is 11.6 Å². The summed E-state index contributed by atoms with van der Waals surface area (Å²) in [6.45, 7) is 3.79. The fourth-order valence-electron chi connectivity index (χ4n) is 2.56. The molecule has 0 aliphatic heterocycles. The SMILES string of the molecule is CCONC(=O)c1ccc(F)c(F)c1Nc1ccc(I)cc1C.NC(=O)c1ccccc1. The standard InChI is InChI=1S/C16H15F2IN2O2.C7H7NO/c1-3-23-21-16(22)11-5-6-12(17)14(18)15(11)20-13-7-4-10(19)8-9(13)2;8-7(9)6-4-2-1-3-5-6/h4-8,20H,3H2,1-2H3,(H,21,22);1-5H,(H2,8,9). The summed E-state index contributed by atoms with van der Waals surface area (Å²) in [7, 11) is 0. The van der Waals surface area contributed by atoms with Crippen molar-refractivity contribution in [3.8, 4) is 0 Å². The lowest BCUT2D eigenvalue weighted by molar-refractivity contribution is 0.0365. The van der Waals surface area contributed by atoms with Gasteiger partial charge in [-0.1, -0.05) is 18.2 Å². The maximum Gasteiger partial charge on any atom is 0.277 e. The van der Waals surface area contributed by atoms with E-state index in [1.54, 1.807) is 37.3 Å².